The van der Waals surface area contributed by atoms with E-state index >= 15 is 0 Å². The molecule has 1 fully saturated rings. The zero-order chi connectivity index (χ0) is 11.7. The number of aliphatic hydroxyl groups excluding tert-OH is 1. The summed E-state index contributed by atoms with van der Waals surface area (Å²) in [6, 6.07) is 7.28. The van der Waals surface area contributed by atoms with Gasteiger partial charge in [-0.15, -0.1) is 0 Å². The molecule has 1 N–H and O–H groups in total. The zero-order valence-electron chi connectivity index (χ0n) is 9.38. The summed E-state index contributed by atoms with van der Waals surface area (Å²) in [7, 11) is 3.28. The van der Waals surface area contributed by atoms with Gasteiger partial charge in [-0.2, -0.15) is 0 Å². The molecule has 4 heteroatoms. The van der Waals surface area contributed by atoms with E-state index in [0.29, 0.717) is 12.3 Å². The van der Waals surface area contributed by atoms with Crippen molar-refractivity contribution < 1.29 is 14.6 Å². The molecule has 0 radical (unpaired) electrons. The molecule has 0 aromatic heterocycles. The van der Waals surface area contributed by atoms with Crippen LogP contribution in [-0.2, 0) is 4.79 Å². The van der Waals surface area contributed by atoms with E-state index in [9.17, 15) is 9.90 Å². The van der Waals surface area contributed by atoms with Gasteiger partial charge in [0.2, 0.25) is 5.91 Å². The largest absolute Gasteiger partial charge is 0.497 e. The first kappa shape index (κ1) is 11.0. The van der Waals surface area contributed by atoms with Gasteiger partial charge in [-0.05, 0) is 17.7 Å². The minimum atomic E-state index is -0.635. The van der Waals surface area contributed by atoms with Crippen LogP contribution in [0.4, 0.5) is 0 Å². The number of hydrogen-bond acceptors (Lipinski definition) is 3. The lowest BCUT2D eigenvalue weighted by Gasteiger charge is -2.13. The number of β-amino-alcohol motifs (C(OH)–C–C–N with tert-alkyl or cyclic N) is 1. The summed E-state index contributed by atoms with van der Waals surface area (Å²) < 4.78 is 5.11. The third kappa shape index (κ3) is 1.76. The van der Waals surface area contributed by atoms with Crippen LogP contribution in [-0.4, -0.2) is 42.7 Å². The van der Waals surface area contributed by atoms with Crippen LogP contribution in [0.1, 0.15) is 11.5 Å². The normalized spacial score (nSPS) is 24.9. The summed E-state index contributed by atoms with van der Waals surface area (Å²) in [5, 5.41) is 9.84. The molecule has 1 aromatic carbocycles. The van der Waals surface area contributed by atoms with Gasteiger partial charge in [0, 0.05) is 13.6 Å². The lowest BCUT2D eigenvalue weighted by atomic mass is 9.95. The van der Waals surface area contributed by atoms with Gasteiger partial charge in [0.05, 0.1) is 19.1 Å². The number of aliphatic hydroxyl groups is 1. The Morgan fingerprint density at radius 1 is 1.50 bits per heavy atom. The van der Waals surface area contributed by atoms with Crippen molar-refractivity contribution in [2.24, 2.45) is 0 Å². The van der Waals surface area contributed by atoms with Gasteiger partial charge in [0.25, 0.3) is 0 Å². The van der Waals surface area contributed by atoms with Crippen LogP contribution < -0.4 is 4.74 Å². The molecular formula is C12H15NO3. The molecule has 1 amide bonds. The fourth-order valence-electron chi connectivity index (χ4n) is 2.08. The molecule has 0 bridgehead atoms. The monoisotopic (exact) mass is 221 g/mol. The Bertz CT molecular complexity index is 405. The van der Waals surface area contributed by atoms with E-state index in [4.69, 9.17) is 4.74 Å². The van der Waals surface area contributed by atoms with Crippen molar-refractivity contribution in [2.45, 2.75) is 12.0 Å². The maximum Gasteiger partial charge on any atom is 0.232 e. The van der Waals surface area contributed by atoms with Crippen LogP contribution in [0.2, 0.25) is 0 Å². The summed E-state index contributed by atoms with van der Waals surface area (Å²) >= 11 is 0. The zero-order valence-corrected chi connectivity index (χ0v) is 9.38. The predicted molar refractivity (Wildman–Crippen MR) is 59.4 cm³/mol. The summed E-state index contributed by atoms with van der Waals surface area (Å²) in [5.41, 5.74) is 0.807. The molecule has 1 heterocycles. The number of nitrogens with zero attached hydrogens (tertiary/aromatic N) is 1. The highest BCUT2D eigenvalue weighted by atomic mass is 16.5. The van der Waals surface area contributed by atoms with Crippen LogP contribution >= 0.6 is 0 Å². The molecule has 86 valence electrons. The van der Waals surface area contributed by atoms with Crippen molar-refractivity contribution in [2.75, 3.05) is 20.7 Å². The van der Waals surface area contributed by atoms with Crippen LogP contribution in [0.3, 0.4) is 0 Å². The van der Waals surface area contributed by atoms with E-state index in [2.05, 4.69) is 0 Å². The lowest BCUT2D eigenvalue weighted by molar-refractivity contribution is -0.128. The fourth-order valence-corrected chi connectivity index (χ4v) is 2.08. The highest BCUT2D eigenvalue weighted by Gasteiger charge is 2.38. The first-order valence-corrected chi connectivity index (χ1v) is 5.20. The number of ether oxygens (including phenoxy) is 1. The number of likely N-dealkylation sites (tertiary alicyclic amines) is 1. The van der Waals surface area contributed by atoms with Gasteiger partial charge in [0.15, 0.2) is 0 Å². The number of carbonyl (C=O) groups is 1. The molecule has 1 saturated heterocycles. The van der Waals surface area contributed by atoms with E-state index in [1.54, 1.807) is 25.1 Å². The highest BCUT2D eigenvalue weighted by Crippen LogP contribution is 2.30. The van der Waals surface area contributed by atoms with Crippen LogP contribution in [0.15, 0.2) is 24.3 Å². The molecule has 0 saturated carbocycles. The van der Waals surface area contributed by atoms with Crippen LogP contribution in [0.5, 0.6) is 5.75 Å². The van der Waals surface area contributed by atoms with E-state index in [1.165, 1.54) is 0 Å². The van der Waals surface area contributed by atoms with Crippen LogP contribution in [0.25, 0.3) is 0 Å². The number of benzene rings is 1. The molecule has 1 aromatic rings. The van der Waals surface area contributed by atoms with Gasteiger partial charge in [-0.1, -0.05) is 12.1 Å². The second kappa shape index (κ2) is 4.14. The minimum absolute atomic E-state index is 0.0410. The quantitative estimate of drug-likeness (QED) is 0.796. The number of hydrogen-bond donors (Lipinski definition) is 1. The number of rotatable bonds is 2. The molecule has 2 rings (SSSR count). The second-order valence-corrected chi connectivity index (χ2v) is 4.04. The molecular weight excluding hydrogens is 206 g/mol. The van der Waals surface area contributed by atoms with Crippen molar-refractivity contribution in [3.63, 3.8) is 0 Å². The molecule has 4 nitrogen and oxygen atoms in total. The number of amides is 1. The summed E-state index contributed by atoms with van der Waals surface area (Å²) in [6.07, 6.45) is -0.635. The standard InChI is InChI=1S/C12H15NO3/c1-13-7-10(14)11(12(13)15)8-4-3-5-9(6-8)16-2/h3-6,10-11,14H,7H2,1-2H3. The summed E-state index contributed by atoms with van der Waals surface area (Å²) in [4.78, 5) is 13.4. The van der Waals surface area contributed by atoms with Gasteiger partial charge < -0.3 is 14.7 Å². The number of methoxy groups -OCH3 is 1. The van der Waals surface area contributed by atoms with E-state index in [-0.39, 0.29) is 5.91 Å². The average Bonchev–Trinajstić information content (AvgIpc) is 2.53. The van der Waals surface area contributed by atoms with Crippen molar-refractivity contribution >= 4 is 5.91 Å². The molecule has 0 aliphatic carbocycles. The topological polar surface area (TPSA) is 49.8 Å². The Morgan fingerprint density at radius 3 is 2.81 bits per heavy atom. The number of carbonyl (C=O) groups excluding carboxylic acids is 1. The second-order valence-electron chi connectivity index (χ2n) is 4.04. The maximum absolute atomic E-state index is 11.8. The van der Waals surface area contributed by atoms with E-state index in [0.717, 1.165) is 5.56 Å². The summed E-state index contributed by atoms with van der Waals surface area (Å²) in [5.74, 6) is 0.202. The molecule has 16 heavy (non-hydrogen) atoms. The van der Waals surface area contributed by atoms with Crippen LogP contribution in [0, 0.1) is 0 Å². The van der Waals surface area contributed by atoms with Gasteiger partial charge in [-0.3, -0.25) is 4.79 Å². The first-order valence-electron chi connectivity index (χ1n) is 5.20. The predicted octanol–water partition coefficient (Wildman–Crippen LogP) is 0.612. The number of likely N-dealkylation sites (N-methyl/N-ethyl adjacent to an activating group) is 1. The van der Waals surface area contributed by atoms with Crippen molar-refractivity contribution in [3.05, 3.63) is 29.8 Å². The Morgan fingerprint density at radius 2 is 2.25 bits per heavy atom. The minimum Gasteiger partial charge on any atom is -0.497 e. The third-order valence-electron chi connectivity index (χ3n) is 2.94. The Balaban J connectivity index is 2.32. The first-order chi connectivity index (χ1) is 7.63. The third-order valence-corrected chi connectivity index (χ3v) is 2.94. The van der Waals surface area contributed by atoms with E-state index < -0.39 is 12.0 Å². The van der Waals surface area contributed by atoms with E-state index in [1.807, 2.05) is 18.2 Å². The highest BCUT2D eigenvalue weighted by molar-refractivity contribution is 5.86. The molecule has 0 spiro atoms. The average molecular weight is 221 g/mol. The fraction of sp³-hybridized carbons (Fsp3) is 0.417. The molecule has 1 aliphatic rings. The Kier molecular flexibility index (Phi) is 2.83. The Labute approximate surface area is 94.4 Å². The SMILES string of the molecule is COc1cccc(C2C(=O)N(C)CC2O)c1. The van der Waals surface area contributed by atoms with Gasteiger partial charge in [0.1, 0.15) is 5.75 Å². The smallest absolute Gasteiger partial charge is 0.232 e. The van der Waals surface area contributed by atoms with Crippen molar-refractivity contribution in [3.8, 4) is 5.75 Å². The molecule has 2 atom stereocenters. The summed E-state index contributed by atoms with van der Waals surface area (Å²) in [6.45, 7) is 0.390. The van der Waals surface area contributed by atoms with Crippen molar-refractivity contribution in [1.82, 2.24) is 4.90 Å². The Hall–Kier alpha value is -1.55. The maximum atomic E-state index is 11.8. The molecule has 1 aliphatic heterocycles. The van der Waals surface area contributed by atoms with Crippen molar-refractivity contribution in [1.29, 1.82) is 0 Å². The van der Waals surface area contributed by atoms with Gasteiger partial charge in [-0.25, -0.2) is 0 Å². The van der Waals surface area contributed by atoms with Gasteiger partial charge >= 0.3 is 0 Å². The lowest BCUT2D eigenvalue weighted by Crippen LogP contribution is -2.21. The molecule has 2 unspecified atom stereocenters.